The lowest BCUT2D eigenvalue weighted by atomic mass is 10.2. The van der Waals surface area contributed by atoms with Crippen molar-refractivity contribution in [1.82, 2.24) is 0 Å². The van der Waals surface area contributed by atoms with E-state index < -0.39 is 27.6 Å². The summed E-state index contributed by atoms with van der Waals surface area (Å²) in [6, 6.07) is 9.73. The molecule has 0 saturated carbocycles. The van der Waals surface area contributed by atoms with Crippen LogP contribution in [0, 0.1) is 18.6 Å². The molecule has 2 aromatic carbocycles. The van der Waals surface area contributed by atoms with Gasteiger partial charge in [0.1, 0.15) is 11.6 Å². The molecule has 0 unspecified atom stereocenters. The van der Waals surface area contributed by atoms with Gasteiger partial charge in [0, 0.05) is 24.7 Å². The Hall–Kier alpha value is -2.48. The van der Waals surface area contributed by atoms with E-state index in [0.29, 0.717) is 11.8 Å². The summed E-state index contributed by atoms with van der Waals surface area (Å²) in [6.07, 6.45) is 0.716. The van der Waals surface area contributed by atoms with Gasteiger partial charge in [-0.25, -0.2) is 17.2 Å². The second-order valence-electron chi connectivity index (χ2n) is 5.54. The Morgan fingerprint density at radius 2 is 1.84 bits per heavy atom. The standard InChI is InChI=1S/C17H18F2N2O3S/c1-12-5-3-4-6-15(12)20-17(22)9-10-21(25(2,23)24)16-8-7-13(18)11-14(16)19/h3-8,11H,9-10H2,1-2H3,(H,20,22). The first kappa shape index (κ1) is 18.9. The predicted molar refractivity (Wildman–Crippen MR) is 93.0 cm³/mol. The molecule has 0 aromatic heterocycles. The lowest BCUT2D eigenvalue weighted by molar-refractivity contribution is -0.116. The van der Waals surface area contributed by atoms with Crippen molar-refractivity contribution in [2.24, 2.45) is 0 Å². The Kier molecular flexibility index (Phi) is 5.73. The quantitative estimate of drug-likeness (QED) is 0.852. The summed E-state index contributed by atoms with van der Waals surface area (Å²) in [5.74, 6) is -2.23. The third kappa shape index (κ3) is 4.99. The van der Waals surface area contributed by atoms with E-state index in [0.717, 1.165) is 28.3 Å². The highest BCUT2D eigenvalue weighted by Gasteiger charge is 2.22. The summed E-state index contributed by atoms with van der Waals surface area (Å²) >= 11 is 0. The minimum absolute atomic E-state index is 0.182. The van der Waals surface area contributed by atoms with Gasteiger partial charge in [0.05, 0.1) is 11.9 Å². The SMILES string of the molecule is Cc1ccccc1NC(=O)CCN(c1ccc(F)cc1F)S(C)(=O)=O. The van der Waals surface area contributed by atoms with Gasteiger partial charge in [0.2, 0.25) is 15.9 Å². The molecule has 0 atom stereocenters. The zero-order valence-corrected chi connectivity index (χ0v) is 14.6. The lowest BCUT2D eigenvalue weighted by Crippen LogP contribution is -2.33. The number of benzene rings is 2. The van der Waals surface area contributed by atoms with Gasteiger partial charge in [-0.1, -0.05) is 18.2 Å². The highest BCUT2D eigenvalue weighted by molar-refractivity contribution is 7.92. The van der Waals surface area contributed by atoms with E-state index in [1.807, 2.05) is 19.1 Å². The van der Waals surface area contributed by atoms with Gasteiger partial charge in [0.25, 0.3) is 0 Å². The minimum Gasteiger partial charge on any atom is -0.326 e. The van der Waals surface area contributed by atoms with E-state index in [-0.39, 0.29) is 18.7 Å². The fourth-order valence-electron chi connectivity index (χ4n) is 2.28. The monoisotopic (exact) mass is 368 g/mol. The van der Waals surface area contributed by atoms with Crippen LogP contribution in [0.3, 0.4) is 0 Å². The van der Waals surface area contributed by atoms with Crippen molar-refractivity contribution in [3.63, 3.8) is 0 Å². The van der Waals surface area contributed by atoms with Crippen molar-refractivity contribution in [3.05, 3.63) is 59.7 Å². The molecule has 0 bridgehead atoms. The molecule has 0 heterocycles. The van der Waals surface area contributed by atoms with Crippen LogP contribution in [0.2, 0.25) is 0 Å². The first-order valence-corrected chi connectivity index (χ1v) is 9.31. The Morgan fingerprint density at radius 3 is 2.44 bits per heavy atom. The van der Waals surface area contributed by atoms with Gasteiger partial charge >= 0.3 is 0 Å². The number of halogens is 2. The van der Waals surface area contributed by atoms with E-state index >= 15 is 0 Å². The van der Waals surface area contributed by atoms with Gasteiger partial charge in [-0.3, -0.25) is 9.10 Å². The molecule has 0 aliphatic rings. The van der Waals surface area contributed by atoms with Crippen molar-refractivity contribution < 1.29 is 22.0 Å². The first-order valence-electron chi connectivity index (χ1n) is 7.47. The van der Waals surface area contributed by atoms with Crippen molar-refractivity contribution >= 4 is 27.3 Å². The minimum atomic E-state index is -3.84. The number of sulfonamides is 1. The molecule has 2 rings (SSSR count). The number of nitrogens with zero attached hydrogens (tertiary/aromatic N) is 1. The number of carbonyl (C=O) groups excluding carboxylic acids is 1. The number of aryl methyl sites for hydroxylation is 1. The number of anilines is 2. The molecule has 0 aliphatic carbocycles. The van der Waals surface area contributed by atoms with Crippen LogP contribution >= 0.6 is 0 Å². The number of para-hydroxylation sites is 1. The predicted octanol–water partition coefficient (Wildman–Crippen LogP) is 3.07. The van der Waals surface area contributed by atoms with E-state index in [2.05, 4.69) is 5.32 Å². The smallest absolute Gasteiger partial charge is 0.232 e. The number of carbonyl (C=O) groups is 1. The molecule has 0 aliphatic heterocycles. The number of rotatable bonds is 6. The number of nitrogens with one attached hydrogen (secondary N) is 1. The van der Waals surface area contributed by atoms with Crippen molar-refractivity contribution in [2.75, 3.05) is 22.4 Å². The zero-order chi connectivity index (χ0) is 18.6. The normalized spacial score (nSPS) is 11.2. The van der Waals surface area contributed by atoms with Crippen LogP contribution in [0.1, 0.15) is 12.0 Å². The summed E-state index contributed by atoms with van der Waals surface area (Å²) in [5, 5.41) is 2.68. The van der Waals surface area contributed by atoms with Crippen LogP contribution in [-0.4, -0.2) is 27.1 Å². The van der Waals surface area contributed by atoms with Crippen molar-refractivity contribution in [1.29, 1.82) is 0 Å². The second kappa shape index (κ2) is 7.60. The van der Waals surface area contributed by atoms with Gasteiger partial charge in [-0.2, -0.15) is 0 Å². The van der Waals surface area contributed by atoms with E-state index in [9.17, 15) is 22.0 Å². The average Bonchev–Trinajstić information content (AvgIpc) is 2.50. The maximum absolute atomic E-state index is 13.9. The molecular formula is C17H18F2N2O3S. The fourth-order valence-corrected chi connectivity index (χ4v) is 3.21. The number of hydrogen-bond donors (Lipinski definition) is 1. The van der Waals surface area contributed by atoms with E-state index in [4.69, 9.17) is 0 Å². The fraction of sp³-hybridized carbons (Fsp3) is 0.235. The largest absolute Gasteiger partial charge is 0.326 e. The molecule has 134 valence electrons. The average molecular weight is 368 g/mol. The molecule has 0 radical (unpaired) electrons. The van der Waals surface area contributed by atoms with Crippen LogP contribution in [-0.2, 0) is 14.8 Å². The van der Waals surface area contributed by atoms with Crippen LogP contribution in [0.5, 0.6) is 0 Å². The van der Waals surface area contributed by atoms with Crippen molar-refractivity contribution in [3.8, 4) is 0 Å². The van der Waals surface area contributed by atoms with Gasteiger partial charge < -0.3 is 5.32 Å². The highest BCUT2D eigenvalue weighted by Crippen LogP contribution is 2.23. The van der Waals surface area contributed by atoms with Crippen LogP contribution in [0.15, 0.2) is 42.5 Å². The molecule has 25 heavy (non-hydrogen) atoms. The topological polar surface area (TPSA) is 66.5 Å². The molecule has 2 aromatic rings. The van der Waals surface area contributed by atoms with E-state index in [1.165, 1.54) is 0 Å². The van der Waals surface area contributed by atoms with Crippen LogP contribution < -0.4 is 9.62 Å². The summed E-state index contributed by atoms with van der Waals surface area (Å²) in [7, 11) is -3.84. The molecular weight excluding hydrogens is 350 g/mol. The molecule has 0 fully saturated rings. The Balaban J connectivity index is 2.13. The molecule has 0 spiro atoms. The Morgan fingerprint density at radius 1 is 1.16 bits per heavy atom. The number of hydrogen-bond acceptors (Lipinski definition) is 3. The van der Waals surface area contributed by atoms with Crippen LogP contribution in [0.4, 0.5) is 20.2 Å². The highest BCUT2D eigenvalue weighted by atomic mass is 32.2. The molecule has 0 saturated heterocycles. The third-order valence-electron chi connectivity index (χ3n) is 3.54. The molecule has 5 nitrogen and oxygen atoms in total. The van der Waals surface area contributed by atoms with Gasteiger partial charge in [-0.15, -0.1) is 0 Å². The van der Waals surface area contributed by atoms with Crippen molar-refractivity contribution in [2.45, 2.75) is 13.3 Å². The third-order valence-corrected chi connectivity index (χ3v) is 4.72. The maximum atomic E-state index is 13.9. The maximum Gasteiger partial charge on any atom is 0.232 e. The second-order valence-corrected chi connectivity index (χ2v) is 7.45. The molecule has 8 heteroatoms. The lowest BCUT2D eigenvalue weighted by Gasteiger charge is -2.22. The van der Waals surface area contributed by atoms with Gasteiger partial charge in [-0.05, 0) is 30.7 Å². The van der Waals surface area contributed by atoms with Gasteiger partial charge in [0.15, 0.2) is 0 Å². The Labute approximate surface area is 145 Å². The summed E-state index contributed by atoms with van der Waals surface area (Å²) < 4.78 is 51.5. The number of amides is 1. The summed E-state index contributed by atoms with van der Waals surface area (Å²) in [5.41, 5.74) is 1.18. The first-order chi connectivity index (χ1) is 11.7. The Bertz CT molecular complexity index is 885. The summed E-state index contributed by atoms with van der Waals surface area (Å²) in [4.78, 5) is 12.1. The summed E-state index contributed by atoms with van der Waals surface area (Å²) in [6.45, 7) is 1.56. The van der Waals surface area contributed by atoms with E-state index in [1.54, 1.807) is 12.1 Å². The van der Waals surface area contributed by atoms with Crippen LogP contribution in [0.25, 0.3) is 0 Å². The zero-order valence-electron chi connectivity index (χ0n) is 13.8. The molecule has 1 amide bonds. The molecule has 1 N–H and O–H groups in total.